The standard InChI is InChI=1S/C20H25N5O3/c1-14(2)23-19(26)16-10-21-20(22-11-16)25-7-5-24(6-8-25)12-15-3-4-17-18(9-15)28-13-27-17/h3-4,9-11,14H,5-8,12-13H2,1-2H3,(H,23,26). The fourth-order valence-corrected chi connectivity index (χ4v) is 3.35. The number of amides is 1. The molecule has 0 atom stereocenters. The number of ether oxygens (including phenoxy) is 2. The van der Waals surface area contributed by atoms with Gasteiger partial charge in [0.2, 0.25) is 12.7 Å². The molecule has 148 valence electrons. The van der Waals surface area contributed by atoms with Crippen molar-refractivity contribution in [2.45, 2.75) is 26.4 Å². The van der Waals surface area contributed by atoms with Gasteiger partial charge >= 0.3 is 0 Å². The third-order valence-corrected chi connectivity index (χ3v) is 4.82. The smallest absolute Gasteiger partial charge is 0.254 e. The molecule has 8 nitrogen and oxygen atoms in total. The van der Waals surface area contributed by atoms with Gasteiger partial charge in [-0.2, -0.15) is 0 Å². The molecule has 0 unspecified atom stereocenters. The lowest BCUT2D eigenvalue weighted by molar-refractivity contribution is 0.0942. The average molecular weight is 383 g/mol. The molecular weight excluding hydrogens is 358 g/mol. The maximum absolute atomic E-state index is 12.0. The first-order valence-corrected chi connectivity index (χ1v) is 9.57. The van der Waals surface area contributed by atoms with Crippen LogP contribution in [-0.4, -0.2) is 59.8 Å². The number of nitrogens with zero attached hydrogens (tertiary/aromatic N) is 4. The highest BCUT2D eigenvalue weighted by Crippen LogP contribution is 2.32. The Kier molecular flexibility index (Phi) is 5.29. The van der Waals surface area contributed by atoms with Crippen LogP contribution in [-0.2, 0) is 6.54 Å². The third-order valence-electron chi connectivity index (χ3n) is 4.82. The quantitative estimate of drug-likeness (QED) is 0.841. The zero-order valence-electron chi connectivity index (χ0n) is 16.2. The van der Waals surface area contributed by atoms with E-state index < -0.39 is 0 Å². The average Bonchev–Trinajstić information content (AvgIpc) is 3.16. The molecule has 2 aliphatic rings. The Balaban J connectivity index is 1.31. The number of rotatable bonds is 5. The first kappa shape index (κ1) is 18.5. The minimum absolute atomic E-state index is 0.0880. The summed E-state index contributed by atoms with van der Waals surface area (Å²) in [5, 5.41) is 2.85. The second kappa shape index (κ2) is 8.02. The van der Waals surface area contributed by atoms with E-state index in [4.69, 9.17) is 9.47 Å². The molecule has 1 amide bonds. The molecular formula is C20H25N5O3. The second-order valence-electron chi connectivity index (χ2n) is 7.35. The molecule has 1 aromatic carbocycles. The molecule has 0 bridgehead atoms. The third kappa shape index (κ3) is 4.17. The van der Waals surface area contributed by atoms with Crippen molar-refractivity contribution < 1.29 is 14.3 Å². The van der Waals surface area contributed by atoms with Crippen molar-refractivity contribution in [1.29, 1.82) is 0 Å². The highest BCUT2D eigenvalue weighted by atomic mass is 16.7. The minimum atomic E-state index is -0.143. The summed E-state index contributed by atoms with van der Waals surface area (Å²) >= 11 is 0. The summed E-state index contributed by atoms with van der Waals surface area (Å²) in [5.74, 6) is 2.17. The Morgan fingerprint density at radius 1 is 1.11 bits per heavy atom. The molecule has 1 aromatic heterocycles. The van der Waals surface area contributed by atoms with Crippen molar-refractivity contribution >= 4 is 11.9 Å². The normalized spacial score (nSPS) is 16.5. The molecule has 0 spiro atoms. The van der Waals surface area contributed by atoms with Crippen LogP contribution in [0.15, 0.2) is 30.6 Å². The molecule has 1 fully saturated rings. The topological polar surface area (TPSA) is 79.8 Å². The predicted octanol–water partition coefficient (Wildman–Crippen LogP) is 1.67. The summed E-state index contributed by atoms with van der Waals surface area (Å²) in [7, 11) is 0. The summed E-state index contributed by atoms with van der Waals surface area (Å²) in [6, 6.07) is 6.20. The van der Waals surface area contributed by atoms with Crippen molar-refractivity contribution in [3.8, 4) is 11.5 Å². The van der Waals surface area contributed by atoms with Gasteiger partial charge in [-0.05, 0) is 31.5 Å². The van der Waals surface area contributed by atoms with Gasteiger partial charge in [0.05, 0.1) is 5.56 Å². The SMILES string of the molecule is CC(C)NC(=O)c1cnc(N2CCN(Cc3ccc4c(c3)OCO4)CC2)nc1. The van der Waals surface area contributed by atoms with Gasteiger partial charge in [-0.3, -0.25) is 9.69 Å². The van der Waals surface area contributed by atoms with E-state index in [1.807, 2.05) is 19.9 Å². The van der Waals surface area contributed by atoms with Gasteiger partial charge in [-0.1, -0.05) is 6.07 Å². The highest BCUT2D eigenvalue weighted by Gasteiger charge is 2.21. The number of piperazine rings is 1. The Morgan fingerprint density at radius 3 is 2.54 bits per heavy atom. The van der Waals surface area contributed by atoms with Crippen LogP contribution in [0.2, 0.25) is 0 Å². The Morgan fingerprint density at radius 2 is 1.82 bits per heavy atom. The molecule has 3 heterocycles. The zero-order valence-corrected chi connectivity index (χ0v) is 16.2. The van der Waals surface area contributed by atoms with Crippen LogP contribution in [0, 0.1) is 0 Å². The van der Waals surface area contributed by atoms with Gasteiger partial charge in [0.25, 0.3) is 5.91 Å². The summed E-state index contributed by atoms with van der Waals surface area (Å²) < 4.78 is 10.8. The summed E-state index contributed by atoms with van der Waals surface area (Å²) in [5.41, 5.74) is 1.70. The van der Waals surface area contributed by atoms with E-state index in [1.54, 1.807) is 12.4 Å². The maximum atomic E-state index is 12.0. The van der Waals surface area contributed by atoms with Crippen molar-refractivity contribution in [1.82, 2.24) is 20.2 Å². The van der Waals surface area contributed by atoms with Crippen LogP contribution in [0.3, 0.4) is 0 Å². The Bertz CT molecular complexity index is 832. The van der Waals surface area contributed by atoms with Gasteiger partial charge in [0, 0.05) is 51.2 Å². The number of anilines is 1. The van der Waals surface area contributed by atoms with Crippen molar-refractivity contribution in [3.63, 3.8) is 0 Å². The van der Waals surface area contributed by atoms with Crippen LogP contribution < -0.4 is 19.7 Å². The Labute approximate surface area is 164 Å². The van der Waals surface area contributed by atoms with Crippen molar-refractivity contribution in [2.75, 3.05) is 37.9 Å². The molecule has 4 rings (SSSR count). The first-order chi connectivity index (χ1) is 13.6. The lowest BCUT2D eigenvalue weighted by Gasteiger charge is -2.34. The molecule has 28 heavy (non-hydrogen) atoms. The number of hydrogen-bond acceptors (Lipinski definition) is 7. The molecule has 1 N–H and O–H groups in total. The summed E-state index contributed by atoms with van der Waals surface area (Å²) in [6.07, 6.45) is 3.19. The van der Waals surface area contributed by atoms with Crippen LogP contribution in [0.4, 0.5) is 5.95 Å². The van der Waals surface area contributed by atoms with Crippen molar-refractivity contribution in [3.05, 3.63) is 41.7 Å². The highest BCUT2D eigenvalue weighted by molar-refractivity contribution is 5.93. The number of fused-ring (bicyclic) bond motifs is 1. The van der Waals surface area contributed by atoms with E-state index in [0.29, 0.717) is 18.3 Å². The molecule has 0 aliphatic carbocycles. The lowest BCUT2D eigenvalue weighted by atomic mass is 10.1. The summed E-state index contributed by atoms with van der Waals surface area (Å²) in [4.78, 5) is 25.3. The molecule has 0 saturated carbocycles. The van der Waals surface area contributed by atoms with Crippen molar-refractivity contribution in [2.24, 2.45) is 0 Å². The largest absolute Gasteiger partial charge is 0.454 e. The van der Waals surface area contributed by atoms with Crippen LogP contribution >= 0.6 is 0 Å². The van der Waals surface area contributed by atoms with E-state index in [-0.39, 0.29) is 11.9 Å². The van der Waals surface area contributed by atoms with Crippen LogP contribution in [0.5, 0.6) is 11.5 Å². The fraction of sp³-hybridized carbons (Fsp3) is 0.450. The first-order valence-electron chi connectivity index (χ1n) is 9.57. The van der Waals surface area contributed by atoms with Crippen LogP contribution in [0.25, 0.3) is 0 Å². The summed E-state index contributed by atoms with van der Waals surface area (Å²) in [6.45, 7) is 8.58. The molecule has 2 aromatic rings. The fourth-order valence-electron chi connectivity index (χ4n) is 3.35. The Hall–Kier alpha value is -2.87. The lowest BCUT2D eigenvalue weighted by Crippen LogP contribution is -2.46. The number of aromatic nitrogens is 2. The molecule has 0 radical (unpaired) electrons. The zero-order chi connectivity index (χ0) is 19.5. The van der Waals surface area contributed by atoms with Gasteiger partial charge in [-0.15, -0.1) is 0 Å². The maximum Gasteiger partial charge on any atom is 0.254 e. The number of carbonyl (C=O) groups excluding carboxylic acids is 1. The monoisotopic (exact) mass is 383 g/mol. The molecule has 2 aliphatic heterocycles. The van der Waals surface area contributed by atoms with E-state index in [1.165, 1.54) is 5.56 Å². The van der Waals surface area contributed by atoms with Gasteiger partial charge in [0.1, 0.15) is 0 Å². The minimum Gasteiger partial charge on any atom is -0.454 e. The van der Waals surface area contributed by atoms with Gasteiger partial charge in [-0.25, -0.2) is 9.97 Å². The second-order valence-corrected chi connectivity index (χ2v) is 7.35. The number of carbonyl (C=O) groups is 1. The van der Waals surface area contributed by atoms with E-state index in [0.717, 1.165) is 44.2 Å². The predicted molar refractivity (Wildman–Crippen MR) is 105 cm³/mol. The molecule has 1 saturated heterocycles. The van der Waals surface area contributed by atoms with E-state index >= 15 is 0 Å². The van der Waals surface area contributed by atoms with Gasteiger partial charge < -0.3 is 19.7 Å². The number of hydrogen-bond donors (Lipinski definition) is 1. The van der Waals surface area contributed by atoms with E-state index in [2.05, 4.69) is 37.2 Å². The van der Waals surface area contributed by atoms with Gasteiger partial charge in [0.15, 0.2) is 11.5 Å². The van der Waals surface area contributed by atoms with E-state index in [9.17, 15) is 4.79 Å². The number of benzene rings is 1. The van der Waals surface area contributed by atoms with Crippen LogP contribution in [0.1, 0.15) is 29.8 Å². The molecule has 8 heteroatoms. The number of nitrogens with one attached hydrogen (secondary N) is 1.